The van der Waals surface area contributed by atoms with Crippen LogP contribution in [0, 0.1) is 0 Å². The summed E-state index contributed by atoms with van der Waals surface area (Å²) in [6.45, 7) is 0.147. The minimum Gasteiger partial charge on any atom is -0.504 e. The van der Waals surface area contributed by atoms with Crippen LogP contribution in [0.4, 0.5) is 11.4 Å². The second-order valence-corrected chi connectivity index (χ2v) is 6.70. The molecule has 0 saturated carbocycles. The highest BCUT2D eigenvalue weighted by Crippen LogP contribution is 2.44. The summed E-state index contributed by atoms with van der Waals surface area (Å²) in [5, 5.41) is 14.1. The van der Waals surface area contributed by atoms with Crippen molar-refractivity contribution < 1.29 is 24.1 Å². The number of methoxy groups -OCH3 is 1. The van der Waals surface area contributed by atoms with Gasteiger partial charge in [0.05, 0.1) is 18.4 Å². The third-order valence-corrected chi connectivity index (χ3v) is 5.11. The van der Waals surface area contributed by atoms with E-state index in [0.717, 1.165) is 0 Å². The van der Waals surface area contributed by atoms with Crippen molar-refractivity contribution in [3.05, 3.63) is 71.8 Å². The number of nitrogens with one attached hydrogen (secondary N) is 1. The van der Waals surface area contributed by atoms with E-state index in [9.17, 15) is 9.90 Å². The number of hydrogen-bond acceptors (Lipinski definition) is 6. The molecule has 0 spiro atoms. The zero-order chi connectivity index (χ0) is 20.0. The maximum atomic E-state index is 13.5. The second kappa shape index (κ2) is 6.63. The van der Waals surface area contributed by atoms with Crippen molar-refractivity contribution in [1.29, 1.82) is 0 Å². The molecule has 2 aliphatic heterocycles. The van der Waals surface area contributed by atoms with Crippen molar-refractivity contribution in [3.8, 4) is 23.0 Å². The van der Waals surface area contributed by atoms with Crippen LogP contribution in [0.25, 0.3) is 0 Å². The third-order valence-electron chi connectivity index (χ3n) is 5.11. The Morgan fingerprint density at radius 3 is 2.76 bits per heavy atom. The van der Waals surface area contributed by atoms with Crippen LogP contribution in [0.2, 0.25) is 0 Å². The zero-order valence-corrected chi connectivity index (χ0v) is 15.6. The van der Waals surface area contributed by atoms with E-state index < -0.39 is 6.17 Å². The normalized spacial score (nSPS) is 16.9. The molecule has 7 heteroatoms. The van der Waals surface area contributed by atoms with Gasteiger partial charge in [-0.2, -0.15) is 0 Å². The van der Waals surface area contributed by atoms with Gasteiger partial charge in [0.15, 0.2) is 23.0 Å². The number of phenols is 1. The Morgan fingerprint density at radius 2 is 1.90 bits per heavy atom. The summed E-state index contributed by atoms with van der Waals surface area (Å²) in [5.74, 6) is 1.33. The average molecular weight is 390 g/mol. The molecule has 2 heterocycles. The molecule has 0 saturated heterocycles. The number of ether oxygens (including phenoxy) is 3. The molecule has 0 fully saturated rings. The summed E-state index contributed by atoms with van der Waals surface area (Å²) in [5.41, 5.74) is 2.38. The fourth-order valence-corrected chi connectivity index (χ4v) is 3.70. The first-order valence-corrected chi connectivity index (χ1v) is 9.12. The standard InChI is InChI=1S/C22H18N2O5/c1-27-18-8-4-6-15(20(18)25)21-23-16-7-3-2-5-14(16)22(26)24(21)13-9-10-17-19(11-13)29-12-28-17/h2-11,21,23,25H,12H2,1H3/t21-/m0/s1. The number of carbonyl (C=O) groups excluding carboxylic acids is 1. The first kappa shape index (κ1) is 17.2. The number of para-hydroxylation sites is 2. The number of phenolic OH excluding ortho intramolecular Hbond substituents is 1. The Labute approximate surface area is 167 Å². The van der Waals surface area contributed by atoms with Crippen LogP contribution >= 0.6 is 0 Å². The van der Waals surface area contributed by atoms with Crippen LogP contribution in [0.3, 0.4) is 0 Å². The molecule has 1 amide bonds. The predicted octanol–water partition coefficient (Wildman–Crippen LogP) is 3.90. The summed E-state index contributed by atoms with van der Waals surface area (Å²) >= 11 is 0. The lowest BCUT2D eigenvalue weighted by atomic mass is 10.0. The van der Waals surface area contributed by atoms with Crippen LogP contribution in [-0.2, 0) is 0 Å². The molecule has 0 bridgehead atoms. The van der Waals surface area contributed by atoms with E-state index in [0.29, 0.717) is 39.8 Å². The molecule has 7 nitrogen and oxygen atoms in total. The quantitative estimate of drug-likeness (QED) is 0.706. The van der Waals surface area contributed by atoms with Gasteiger partial charge < -0.3 is 24.6 Å². The van der Waals surface area contributed by atoms with Crippen molar-refractivity contribution in [2.24, 2.45) is 0 Å². The second-order valence-electron chi connectivity index (χ2n) is 6.70. The smallest absolute Gasteiger partial charge is 0.262 e. The van der Waals surface area contributed by atoms with Gasteiger partial charge in [-0.25, -0.2) is 0 Å². The predicted molar refractivity (Wildman–Crippen MR) is 107 cm³/mol. The maximum Gasteiger partial charge on any atom is 0.262 e. The van der Waals surface area contributed by atoms with Crippen molar-refractivity contribution in [1.82, 2.24) is 0 Å². The minimum atomic E-state index is -0.645. The van der Waals surface area contributed by atoms with E-state index >= 15 is 0 Å². The molecule has 3 aromatic carbocycles. The van der Waals surface area contributed by atoms with Gasteiger partial charge in [-0.15, -0.1) is 0 Å². The van der Waals surface area contributed by atoms with E-state index in [4.69, 9.17) is 14.2 Å². The molecule has 0 aromatic heterocycles. The summed E-state index contributed by atoms with van der Waals surface area (Å²) in [6.07, 6.45) is -0.645. The molecule has 29 heavy (non-hydrogen) atoms. The number of nitrogens with zero attached hydrogens (tertiary/aromatic N) is 1. The number of rotatable bonds is 3. The summed E-state index contributed by atoms with van der Waals surface area (Å²) in [7, 11) is 1.49. The van der Waals surface area contributed by atoms with Gasteiger partial charge in [-0.3, -0.25) is 9.69 Å². The number of hydrogen-bond donors (Lipinski definition) is 2. The Hall–Kier alpha value is -3.87. The molecule has 1 atom stereocenters. The van der Waals surface area contributed by atoms with Gasteiger partial charge in [0.1, 0.15) is 6.17 Å². The Morgan fingerprint density at radius 1 is 1.07 bits per heavy atom. The first-order valence-electron chi connectivity index (χ1n) is 9.12. The van der Waals surface area contributed by atoms with Crippen LogP contribution in [0.1, 0.15) is 22.1 Å². The monoisotopic (exact) mass is 390 g/mol. The lowest BCUT2D eigenvalue weighted by molar-refractivity contribution is 0.0974. The Balaban J connectivity index is 1.68. The third kappa shape index (κ3) is 2.70. The van der Waals surface area contributed by atoms with Crippen molar-refractivity contribution in [2.45, 2.75) is 6.17 Å². The topological polar surface area (TPSA) is 80.3 Å². The van der Waals surface area contributed by atoms with Crippen LogP contribution in [0.15, 0.2) is 60.7 Å². The highest BCUT2D eigenvalue weighted by atomic mass is 16.7. The van der Waals surface area contributed by atoms with Crippen LogP contribution in [-0.4, -0.2) is 24.9 Å². The number of carbonyl (C=O) groups is 1. The largest absolute Gasteiger partial charge is 0.504 e. The molecule has 0 aliphatic carbocycles. The summed E-state index contributed by atoms with van der Waals surface area (Å²) < 4.78 is 16.1. The highest BCUT2D eigenvalue weighted by molar-refractivity contribution is 6.12. The molecule has 2 N–H and O–H groups in total. The molecule has 5 rings (SSSR count). The fraction of sp³-hybridized carbons (Fsp3) is 0.136. The molecular weight excluding hydrogens is 372 g/mol. The summed E-state index contributed by atoms with van der Waals surface area (Å²) in [6, 6.07) is 17.8. The lowest BCUT2D eigenvalue weighted by Crippen LogP contribution is -2.43. The number of anilines is 2. The molecule has 2 aliphatic rings. The van der Waals surface area contributed by atoms with E-state index in [-0.39, 0.29) is 18.4 Å². The Kier molecular flexibility index (Phi) is 3.94. The first-order chi connectivity index (χ1) is 14.2. The van der Waals surface area contributed by atoms with Gasteiger partial charge in [-0.1, -0.05) is 24.3 Å². The Bertz CT molecular complexity index is 1110. The number of aromatic hydroxyl groups is 1. The van der Waals surface area contributed by atoms with Crippen LogP contribution < -0.4 is 24.4 Å². The van der Waals surface area contributed by atoms with Crippen molar-refractivity contribution in [2.75, 3.05) is 24.1 Å². The number of amides is 1. The van der Waals surface area contributed by atoms with Gasteiger partial charge >= 0.3 is 0 Å². The highest BCUT2D eigenvalue weighted by Gasteiger charge is 2.36. The van der Waals surface area contributed by atoms with E-state index in [1.165, 1.54) is 7.11 Å². The zero-order valence-electron chi connectivity index (χ0n) is 15.6. The van der Waals surface area contributed by atoms with E-state index in [2.05, 4.69) is 5.32 Å². The van der Waals surface area contributed by atoms with E-state index in [1.807, 2.05) is 18.2 Å². The SMILES string of the molecule is COc1cccc([C@H]2Nc3ccccc3C(=O)N2c2ccc3c(c2)OCO3)c1O. The van der Waals surface area contributed by atoms with Crippen LogP contribution in [0.5, 0.6) is 23.0 Å². The molecule has 3 aromatic rings. The van der Waals surface area contributed by atoms with Gasteiger partial charge in [0.2, 0.25) is 6.79 Å². The van der Waals surface area contributed by atoms with Gasteiger partial charge in [0, 0.05) is 17.3 Å². The molecule has 0 unspecified atom stereocenters. The molecule has 0 radical (unpaired) electrons. The number of benzene rings is 3. The van der Waals surface area contributed by atoms with Gasteiger partial charge in [0.25, 0.3) is 5.91 Å². The minimum absolute atomic E-state index is 0.0228. The van der Waals surface area contributed by atoms with Gasteiger partial charge in [-0.05, 0) is 30.3 Å². The summed E-state index contributed by atoms with van der Waals surface area (Å²) in [4.78, 5) is 15.1. The number of fused-ring (bicyclic) bond motifs is 2. The molecule has 146 valence electrons. The fourth-order valence-electron chi connectivity index (χ4n) is 3.70. The lowest BCUT2D eigenvalue weighted by Gasteiger charge is -2.38. The van der Waals surface area contributed by atoms with Crippen molar-refractivity contribution in [3.63, 3.8) is 0 Å². The van der Waals surface area contributed by atoms with E-state index in [1.54, 1.807) is 47.4 Å². The molecular formula is C22H18N2O5. The maximum absolute atomic E-state index is 13.5. The van der Waals surface area contributed by atoms with Crippen molar-refractivity contribution >= 4 is 17.3 Å². The average Bonchev–Trinajstić information content (AvgIpc) is 3.22.